The molecule has 1 aromatic heterocycles. The van der Waals surface area contributed by atoms with Crippen LogP contribution in [-0.4, -0.2) is 58.2 Å². The van der Waals surface area contributed by atoms with Crippen molar-refractivity contribution in [3.63, 3.8) is 0 Å². The molecule has 2 aliphatic rings. The third kappa shape index (κ3) is 3.24. The molecular weight excluding hydrogens is 294 g/mol. The molecule has 2 aliphatic heterocycles. The molecule has 0 amide bonds. The Balaban J connectivity index is 1.90. The number of aromatic nitrogens is 2. The van der Waals surface area contributed by atoms with Gasteiger partial charge in [0.05, 0.1) is 0 Å². The molecule has 2 fully saturated rings. The van der Waals surface area contributed by atoms with Gasteiger partial charge in [-0.15, -0.1) is 0 Å². The first kappa shape index (κ1) is 16.0. The first-order valence-electron chi connectivity index (χ1n) is 8.27. The molecule has 2 unspecified atom stereocenters. The van der Waals surface area contributed by atoms with Crippen LogP contribution in [0, 0.1) is 6.92 Å². The number of aliphatic carboxylic acids is 1. The maximum absolute atomic E-state index is 11.0. The first-order chi connectivity index (χ1) is 11.0. The third-order valence-corrected chi connectivity index (χ3v) is 5.25. The van der Waals surface area contributed by atoms with E-state index in [9.17, 15) is 4.79 Å². The van der Waals surface area contributed by atoms with Crippen molar-refractivity contribution in [1.82, 2.24) is 14.9 Å². The Bertz CT molecular complexity index is 606. The van der Waals surface area contributed by atoms with Crippen molar-refractivity contribution in [1.29, 1.82) is 0 Å². The lowest BCUT2D eigenvalue weighted by atomic mass is 10.1. The summed E-state index contributed by atoms with van der Waals surface area (Å²) in [6.45, 7) is 3.74. The molecule has 0 saturated carbocycles. The summed E-state index contributed by atoms with van der Waals surface area (Å²) in [7, 11) is 2.21. The number of nitrogens with zero attached hydrogens (tertiary/aromatic N) is 4. The van der Waals surface area contributed by atoms with Crippen LogP contribution in [0.15, 0.2) is 0 Å². The molecule has 2 atom stereocenters. The molecule has 23 heavy (non-hydrogen) atoms. The molecular formula is C16H25N5O2. The van der Waals surface area contributed by atoms with Crippen LogP contribution < -0.4 is 10.6 Å². The van der Waals surface area contributed by atoms with E-state index in [4.69, 9.17) is 10.8 Å². The molecule has 126 valence electrons. The lowest BCUT2D eigenvalue weighted by Gasteiger charge is -2.28. The minimum atomic E-state index is -0.804. The number of nitrogens with two attached hydrogens (primary N) is 1. The van der Waals surface area contributed by atoms with Crippen LogP contribution in [0.1, 0.15) is 36.9 Å². The highest BCUT2D eigenvalue weighted by atomic mass is 16.4. The number of hydrogen-bond donors (Lipinski definition) is 2. The molecule has 2 bridgehead atoms. The van der Waals surface area contributed by atoms with Gasteiger partial charge in [0.1, 0.15) is 5.82 Å². The lowest BCUT2D eigenvalue weighted by molar-refractivity contribution is -0.136. The van der Waals surface area contributed by atoms with Crippen LogP contribution >= 0.6 is 0 Å². The zero-order valence-electron chi connectivity index (χ0n) is 13.8. The fraction of sp³-hybridized carbons (Fsp3) is 0.688. The Labute approximate surface area is 136 Å². The summed E-state index contributed by atoms with van der Waals surface area (Å²) >= 11 is 0. The van der Waals surface area contributed by atoms with Crippen molar-refractivity contribution in [2.45, 2.75) is 51.1 Å². The summed E-state index contributed by atoms with van der Waals surface area (Å²) in [6, 6.07) is 1.18. The lowest BCUT2D eigenvalue weighted by Crippen LogP contribution is -2.37. The second-order valence-corrected chi connectivity index (χ2v) is 6.65. The van der Waals surface area contributed by atoms with Gasteiger partial charge in [-0.3, -0.25) is 9.69 Å². The maximum Gasteiger partial charge on any atom is 0.303 e. The van der Waals surface area contributed by atoms with Crippen molar-refractivity contribution in [2.24, 2.45) is 0 Å². The number of likely N-dealkylation sites (N-methyl/N-ethyl adjacent to an activating group) is 1. The molecule has 3 heterocycles. The third-order valence-electron chi connectivity index (χ3n) is 5.25. The highest BCUT2D eigenvalue weighted by Crippen LogP contribution is 2.32. The van der Waals surface area contributed by atoms with E-state index < -0.39 is 5.97 Å². The van der Waals surface area contributed by atoms with Crippen LogP contribution in [0.3, 0.4) is 0 Å². The average Bonchev–Trinajstić information content (AvgIpc) is 2.70. The van der Waals surface area contributed by atoms with Crippen molar-refractivity contribution < 1.29 is 9.90 Å². The van der Waals surface area contributed by atoms with Crippen molar-refractivity contribution in [3.8, 4) is 0 Å². The van der Waals surface area contributed by atoms with Gasteiger partial charge < -0.3 is 15.7 Å². The minimum Gasteiger partial charge on any atom is -0.481 e. The normalized spacial score (nSPS) is 24.7. The molecule has 3 N–H and O–H groups in total. The largest absolute Gasteiger partial charge is 0.481 e. The highest BCUT2D eigenvalue weighted by Gasteiger charge is 2.35. The fourth-order valence-electron chi connectivity index (χ4n) is 3.89. The molecule has 0 spiro atoms. The van der Waals surface area contributed by atoms with E-state index in [2.05, 4.69) is 26.8 Å². The zero-order valence-corrected chi connectivity index (χ0v) is 13.8. The van der Waals surface area contributed by atoms with Crippen molar-refractivity contribution >= 4 is 17.7 Å². The molecule has 2 saturated heterocycles. The second-order valence-electron chi connectivity index (χ2n) is 6.65. The molecule has 7 nitrogen and oxygen atoms in total. The van der Waals surface area contributed by atoms with Crippen LogP contribution in [0.5, 0.6) is 0 Å². The summed E-state index contributed by atoms with van der Waals surface area (Å²) in [5, 5.41) is 9.00. The van der Waals surface area contributed by atoms with E-state index in [1.807, 2.05) is 6.92 Å². The predicted octanol–water partition coefficient (Wildman–Crippen LogP) is 1.06. The second kappa shape index (κ2) is 6.31. The maximum atomic E-state index is 11.0. The predicted molar refractivity (Wildman–Crippen MR) is 88.5 cm³/mol. The topological polar surface area (TPSA) is 95.6 Å². The van der Waals surface area contributed by atoms with E-state index in [-0.39, 0.29) is 12.4 Å². The number of carbonyl (C=O) groups is 1. The monoisotopic (exact) mass is 319 g/mol. The number of hydrogen-bond acceptors (Lipinski definition) is 6. The Morgan fingerprint density at radius 3 is 2.78 bits per heavy atom. The van der Waals surface area contributed by atoms with Crippen LogP contribution in [-0.2, 0) is 11.2 Å². The molecule has 0 aromatic carbocycles. The Kier molecular flexibility index (Phi) is 4.39. The van der Waals surface area contributed by atoms with Crippen LogP contribution in [0.2, 0.25) is 0 Å². The summed E-state index contributed by atoms with van der Waals surface area (Å²) in [4.78, 5) is 24.4. The summed E-state index contributed by atoms with van der Waals surface area (Å²) in [5.41, 5.74) is 7.56. The van der Waals surface area contributed by atoms with E-state index in [1.54, 1.807) is 0 Å². The number of anilines is 2. The zero-order chi connectivity index (χ0) is 16.6. The van der Waals surface area contributed by atoms with E-state index in [1.165, 1.54) is 12.8 Å². The Hall–Kier alpha value is -1.89. The van der Waals surface area contributed by atoms with Gasteiger partial charge in [0.15, 0.2) is 0 Å². The van der Waals surface area contributed by atoms with Crippen molar-refractivity contribution in [2.75, 3.05) is 30.8 Å². The van der Waals surface area contributed by atoms with Gasteiger partial charge in [0, 0.05) is 42.9 Å². The van der Waals surface area contributed by atoms with Gasteiger partial charge in [-0.2, -0.15) is 4.98 Å². The number of rotatable bonds is 4. The number of carboxylic acids is 1. The number of carboxylic acid groups (broad SMARTS) is 1. The SMILES string of the molecule is Cc1nc(N)nc(N2CCC3CCC(C2)N3C)c1CCC(=O)O. The fourth-order valence-corrected chi connectivity index (χ4v) is 3.89. The molecule has 1 aromatic rings. The van der Waals surface area contributed by atoms with Gasteiger partial charge in [-0.1, -0.05) is 0 Å². The first-order valence-corrected chi connectivity index (χ1v) is 8.27. The standard InChI is InChI=1S/C16H25N5O2/c1-10-13(5-6-14(22)23)15(19-16(17)18-10)21-8-7-11-3-4-12(9-21)20(11)2/h11-12H,3-9H2,1-2H3,(H,22,23)(H2,17,18,19). The van der Waals surface area contributed by atoms with Crippen LogP contribution in [0.4, 0.5) is 11.8 Å². The molecule has 0 radical (unpaired) electrons. The quantitative estimate of drug-likeness (QED) is 0.856. The Morgan fingerprint density at radius 2 is 2.04 bits per heavy atom. The molecule has 7 heteroatoms. The van der Waals surface area contributed by atoms with Gasteiger partial charge >= 0.3 is 5.97 Å². The van der Waals surface area contributed by atoms with E-state index in [0.717, 1.165) is 36.6 Å². The van der Waals surface area contributed by atoms with E-state index in [0.29, 0.717) is 18.5 Å². The number of aryl methyl sites for hydroxylation is 1. The Morgan fingerprint density at radius 1 is 1.30 bits per heavy atom. The average molecular weight is 319 g/mol. The summed E-state index contributed by atoms with van der Waals surface area (Å²) < 4.78 is 0. The summed E-state index contributed by atoms with van der Waals surface area (Å²) in [5.74, 6) is 0.290. The van der Waals surface area contributed by atoms with E-state index >= 15 is 0 Å². The number of fused-ring (bicyclic) bond motifs is 2. The minimum absolute atomic E-state index is 0.0842. The van der Waals surface area contributed by atoms with Gasteiger partial charge in [-0.25, -0.2) is 4.98 Å². The molecule has 0 aliphatic carbocycles. The van der Waals surface area contributed by atoms with Crippen LogP contribution in [0.25, 0.3) is 0 Å². The van der Waals surface area contributed by atoms with Gasteiger partial charge in [0.25, 0.3) is 0 Å². The van der Waals surface area contributed by atoms with Gasteiger partial charge in [0.2, 0.25) is 5.95 Å². The number of nitrogen functional groups attached to an aromatic ring is 1. The van der Waals surface area contributed by atoms with Gasteiger partial charge in [-0.05, 0) is 39.7 Å². The summed E-state index contributed by atoms with van der Waals surface area (Å²) in [6.07, 6.45) is 4.11. The smallest absolute Gasteiger partial charge is 0.303 e. The highest BCUT2D eigenvalue weighted by molar-refractivity contribution is 5.68. The van der Waals surface area contributed by atoms with Crippen molar-refractivity contribution in [3.05, 3.63) is 11.3 Å². The molecule has 3 rings (SSSR count).